The Hall–Kier alpha value is -0.780. The first-order valence-corrected chi connectivity index (χ1v) is 8.33. The van der Waals surface area contributed by atoms with Gasteiger partial charge in [-0.25, -0.2) is 0 Å². The van der Waals surface area contributed by atoms with Crippen LogP contribution in [0.15, 0.2) is 60.7 Å². The fourth-order valence-electron chi connectivity index (χ4n) is 1.74. The van der Waals surface area contributed by atoms with Crippen LogP contribution < -0.4 is 0 Å². The highest BCUT2D eigenvalue weighted by molar-refractivity contribution is 8.49. The van der Waals surface area contributed by atoms with Crippen molar-refractivity contribution in [2.24, 2.45) is 0 Å². The van der Waals surface area contributed by atoms with Crippen LogP contribution in [-0.4, -0.2) is 6.26 Å². The summed E-state index contributed by atoms with van der Waals surface area (Å²) in [6, 6.07) is 21.5. The zero-order valence-electron chi connectivity index (χ0n) is 9.26. The van der Waals surface area contributed by atoms with Crippen LogP contribution in [0.2, 0.25) is 0 Å². The van der Waals surface area contributed by atoms with Crippen molar-refractivity contribution in [3.8, 4) is 0 Å². The highest BCUT2D eigenvalue weighted by atomic mass is 32.7. The van der Waals surface area contributed by atoms with Crippen LogP contribution in [0.1, 0.15) is 16.8 Å². The number of hydrogen-bond donors (Lipinski definition) is 0. The largest absolute Gasteiger partial charge is 0.140 e. The first kappa shape index (κ1) is 11.7. The minimum absolute atomic E-state index is 0.539. The highest BCUT2D eigenvalue weighted by Gasteiger charge is 2.12. The lowest BCUT2D eigenvalue weighted by atomic mass is 10.0. The molecule has 2 rings (SSSR count). The maximum atomic E-state index is 2.22. The van der Waals surface area contributed by atoms with E-state index in [-0.39, 0.29) is 0 Å². The Morgan fingerprint density at radius 2 is 1.25 bits per heavy atom. The maximum absolute atomic E-state index is 2.22. The van der Waals surface area contributed by atoms with Gasteiger partial charge in [-0.3, -0.25) is 0 Å². The SMILES string of the molecule is CSPC(c1ccccc1)c1ccccc1. The van der Waals surface area contributed by atoms with Crippen molar-refractivity contribution in [3.63, 3.8) is 0 Å². The standard InChI is InChI=1S/C14H15PS/c1-16-15-14(12-8-4-2-5-9-12)13-10-6-3-7-11-13/h2-11,14-15H,1H3. The predicted octanol–water partition coefficient (Wildman–Crippen LogP) is 4.73. The van der Waals surface area contributed by atoms with Gasteiger partial charge in [0, 0.05) is 5.66 Å². The lowest BCUT2D eigenvalue weighted by molar-refractivity contribution is 1.16. The topological polar surface area (TPSA) is 0 Å². The molecule has 0 bridgehead atoms. The van der Waals surface area contributed by atoms with Gasteiger partial charge in [0.25, 0.3) is 0 Å². The summed E-state index contributed by atoms with van der Waals surface area (Å²) in [5.41, 5.74) is 3.38. The summed E-state index contributed by atoms with van der Waals surface area (Å²) in [6.45, 7) is 0. The van der Waals surface area contributed by atoms with E-state index in [2.05, 4.69) is 66.9 Å². The molecule has 82 valence electrons. The van der Waals surface area contributed by atoms with E-state index in [1.807, 2.05) is 11.4 Å². The predicted molar refractivity (Wildman–Crippen MR) is 76.6 cm³/mol. The van der Waals surface area contributed by atoms with Crippen LogP contribution in [0.3, 0.4) is 0 Å². The van der Waals surface area contributed by atoms with Gasteiger partial charge in [-0.1, -0.05) is 60.7 Å². The molecule has 2 aromatic rings. The molecule has 0 saturated heterocycles. The van der Waals surface area contributed by atoms with Gasteiger partial charge < -0.3 is 0 Å². The average molecular weight is 246 g/mol. The third kappa shape index (κ3) is 2.87. The van der Waals surface area contributed by atoms with Crippen molar-refractivity contribution < 1.29 is 0 Å². The molecule has 0 radical (unpaired) electrons. The van der Waals surface area contributed by atoms with Gasteiger partial charge in [0.15, 0.2) is 0 Å². The van der Waals surface area contributed by atoms with Crippen LogP contribution >= 0.6 is 19.2 Å². The molecular weight excluding hydrogens is 231 g/mol. The second kappa shape index (κ2) is 6.08. The van der Waals surface area contributed by atoms with Crippen molar-refractivity contribution in [3.05, 3.63) is 71.8 Å². The van der Waals surface area contributed by atoms with Crippen LogP contribution in [-0.2, 0) is 0 Å². The zero-order valence-corrected chi connectivity index (χ0v) is 11.1. The van der Waals surface area contributed by atoms with E-state index in [9.17, 15) is 0 Å². The van der Waals surface area contributed by atoms with Crippen molar-refractivity contribution in [1.82, 2.24) is 0 Å². The van der Waals surface area contributed by atoms with E-state index >= 15 is 0 Å². The fraction of sp³-hybridized carbons (Fsp3) is 0.143. The molecular formula is C14H15PS. The van der Waals surface area contributed by atoms with Crippen LogP contribution in [0.4, 0.5) is 0 Å². The quantitative estimate of drug-likeness (QED) is 0.703. The molecule has 0 amide bonds. The third-order valence-electron chi connectivity index (χ3n) is 2.50. The van der Waals surface area contributed by atoms with E-state index in [4.69, 9.17) is 0 Å². The van der Waals surface area contributed by atoms with E-state index in [0.717, 1.165) is 7.78 Å². The number of benzene rings is 2. The Morgan fingerprint density at radius 1 is 0.812 bits per heavy atom. The second-order valence-corrected chi connectivity index (χ2v) is 6.73. The van der Waals surface area contributed by atoms with Crippen molar-refractivity contribution in [2.45, 2.75) is 5.66 Å². The smallest absolute Gasteiger partial charge is 0.0356 e. The zero-order chi connectivity index (χ0) is 11.2. The van der Waals surface area contributed by atoms with Gasteiger partial charge in [-0.05, 0) is 25.2 Å². The summed E-state index contributed by atoms with van der Waals surface area (Å²) in [5, 5.41) is 0. The monoisotopic (exact) mass is 246 g/mol. The van der Waals surface area contributed by atoms with Gasteiger partial charge in [0.2, 0.25) is 0 Å². The first-order valence-electron chi connectivity index (χ1n) is 5.30. The molecule has 0 N–H and O–H groups in total. The molecule has 0 aliphatic rings. The normalized spacial score (nSPS) is 11.4. The molecule has 0 nitrogen and oxygen atoms in total. The second-order valence-electron chi connectivity index (χ2n) is 3.58. The van der Waals surface area contributed by atoms with E-state index in [1.165, 1.54) is 11.1 Å². The molecule has 16 heavy (non-hydrogen) atoms. The van der Waals surface area contributed by atoms with Gasteiger partial charge in [-0.15, -0.1) is 11.4 Å². The minimum Gasteiger partial charge on any atom is -0.140 e. The Labute approximate surface area is 103 Å². The molecule has 0 saturated carbocycles. The summed E-state index contributed by atoms with van der Waals surface area (Å²) in [4.78, 5) is 0. The summed E-state index contributed by atoms with van der Waals surface area (Å²) in [5.74, 6) is 0. The van der Waals surface area contributed by atoms with Crippen LogP contribution in [0, 0.1) is 0 Å². The Balaban J connectivity index is 2.31. The third-order valence-corrected chi connectivity index (χ3v) is 5.05. The summed E-state index contributed by atoms with van der Waals surface area (Å²) < 4.78 is 0. The molecule has 1 atom stereocenters. The highest BCUT2D eigenvalue weighted by Crippen LogP contribution is 2.47. The summed E-state index contributed by atoms with van der Waals surface area (Å²) in [6.07, 6.45) is 2.18. The molecule has 0 aliphatic carbocycles. The molecule has 0 heterocycles. The van der Waals surface area contributed by atoms with Gasteiger partial charge in [-0.2, -0.15) is 0 Å². The Bertz CT molecular complexity index is 374. The van der Waals surface area contributed by atoms with Crippen LogP contribution in [0.25, 0.3) is 0 Å². The number of hydrogen-bond acceptors (Lipinski definition) is 1. The van der Waals surface area contributed by atoms with Gasteiger partial charge >= 0.3 is 0 Å². The van der Waals surface area contributed by atoms with E-state index < -0.39 is 0 Å². The molecule has 1 unspecified atom stereocenters. The van der Waals surface area contributed by atoms with Crippen molar-refractivity contribution >= 4 is 19.2 Å². The lowest BCUT2D eigenvalue weighted by Crippen LogP contribution is -1.93. The molecule has 0 aromatic heterocycles. The average Bonchev–Trinajstić information content (AvgIpc) is 2.38. The summed E-state index contributed by atoms with van der Waals surface area (Å²) >= 11 is 1.93. The molecule has 0 fully saturated rings. The van der Waals surface area contributed by atoms with Crippen molar-refractivity contribution in [2.75, 3.05) is 6.26 Å². The minimum atomic E-state index is 0.539. The molecule has 0 spiro atoms. The van der Waals surface area contributed by atoms with Gasteiger partial charge in [0.05, 0.1) is 0 Å². The lowest BCUT2D eigenvalue weighted by Gasteiger charge is -2.16. The summed E-state index contributed by atoms with van der Waals surface area (Å²) in [7, 11) is 0.878. The van der Waals surface area contributed by atoms with E-state index in [1.54, 1.807) is 0 Å². The molecule has 2 heteroatoms. The maximum Gasteiger partial charge on any atom is 0.0356 e. The fourth-order valence-corrected chi connectivity index (χ4v) is 4.15. The number of rotatable bonds is 4. The Morgan fingerprint density at radius 3 is 1.62 bits per heavy atom. The molecule has 2 aromatic carbocycles. The van der Waals surface area contributed by atoms with E-state index in [0.29, 0.717) is 5.66 Å². The van der Waals surface area contributed by atoms with Gasteiger partial charge in [0.1, 0.15) is 0 Å². The Kier molecular flexibility index (Phi) is 4.44. The van der Waals surface area contributed by atoms with Crippen LogP contribution in [0.5, 0.6) is 0 Å². The molecule has 0 aliphatic heterocycles. The first-order chi connectivity index (χ1) is 7.92. The van der Waals surface area contributed by atoms with Crippen molar-refractivity contribution in [1.29, 1.82) is 0 Å².